The molecule has 1 aliphatic rings. The molecule has 0 unspecified atom stereocenters. The zero-order chi connectivity index (χ0) is 19.1. The van der Waals surface area contributed by atoms with Gasteiger partial charge in [-0.05, 0) is 27.7 Å². The van der Waals surface area contributed by atoms with E-state index in [2.05, 4.69) is 15.1 Å². The first-order valence-electron chi connectivity index (χ1n) is 8.36. The van der Waals surface area contributed by atoms with Crippen LogP contribution in [0.25, 0.3) is 0 Å². The van der Waals surface area contributed by atoms with E-state index in [0.717, 1.165) is 0 Å². The Labute approximate surface area is 158 Å². The lowest BCUT2D eigenvalue weighted by molar-refractivity contribution is 0.126. The predicted molar refractivity (Wildman–Crippen MR) is 96.9 cm³/mol. The quantitative estimate of drug-likeness (QED) is 0.739. The SMILES string of the molecule is Cc1nn(C(C)C)c(C)c1S(=O)(=O)N1CC(COc2cncc(Cl)n2)C1. The van der Waals surface area contributed by atoms with Gasteiger partial charge >= 0.3 is 0 Å². The second-order valence-corrected chi connectivity index (χ2v) is 8.98. The highest BCUT2D eigenvalue weighted by Gasteiger charge is 2.40. The minimum Gasteiger partial charge on any atom is -0.476 e. The summed E-state index contributed by atoms with van der Waals surface area (Å²) in [6, 6.07) is 0.106. The maximum absolute atomic E-state index is 12.9. The van der Waals surface area contributed by atoms with Gasteiger partial charge in [-0.1, -0.05) is 11.6 Å². The summed E-state index contributed by atoms with van der Waals surface area (Å²) in [6.45, 7) is 8.66. The topological polar surface area (TPSA) is 90.2 Å². The van der Waals surface area contributed by atoms with Crippen LogP contribution in [-0.2, 0) is 10.0 Å². The Morgan fingerprint density at radius 3 is 2.58 bits per heavy atom. The van der Waals surface area contributed by atoms with E-state index >= 15 is 0 Å². The van der Waals surface area contributed by atoms with Crippen molar-refractivity contribution in [3.8, 4) is 5.88 Å². The number of aromatic nitrogens is 4. The summed E-state index contributed by atoms with van der Waals surface area (Å²) in [5.41, 5.74) is 1.21. The largest absolute Gasteiger partial charge is 0.476 e. The normalized spacial score (nSPS) is 16.1. The number of rotatable bonds is 6. The molecule has 1 aliphatic heterocycles. The van der Waals surface area contributed by atoms with Gasteiger partial charge in [0.25, 0.3) is 0 Å². The molecule has 0 atom stereocenters. The van der Waals surface area contributed by atoms with Crippen molar-refractivity contribution in [3.05, 3.63) is 28.9 Å². The van der Waals surface area contributed by atoms with E-state index in [1.165, 1.54) is 16.7 Å². The Morgan fingerprint density at radius 1 is 1.31 bits per heavy atom. The molecule has 0 aromatic carbocycles. The fourth-order valence-corrected chi connectivity index (χ4v) is 5.17. The van der Waals surface area contributed by atoms with Gasteiger partial charge < -0.3 is 4.74 Å². The van der Waals surface area contributed by atoms with E-state index in [4.69, 9.17) is 16.3 Å². The van der Waals surface area contributed by atoms with Gasteiger partial charge in [-0.25, -0.2) is 8.42 Å². The van der Waals surface area contributed by atoms with E-state index in [-0.39, 0.29) is 17.1 Å². The molecule has 3 heterocycles. The minimum atomic E-state index is -3.55. The van der Waals surface area contributed by atoms with Gasteiger partial charge in [0, 0.05) is 25.0 Å². The van der Waals surface area contributed by atoms with Gasteiger partial charge in [-0.15, -0.1) is 0 Å². The molecule has 8 nitrogen and oxygen atoms in total. The Morgan fingerprint density at radius 2 is 2.00 bits per heavy atom. The second kappa shape index (κ2) is 7.13. The molecule has 0 aliphatic carbocycles. The molecule has 0 spiro atoms. The number of nitrogens with zero attached hydrogens (tertiary/aromatic N) is 5. The monoisotopic (exact) mass is 399 g/mol. The van der Waals surface area contributed by atoms with Crippen molar-refractivity contribution in [1.29, 1.82) is 0 Å². The van der Waals surface area contributed by atoms with Crippen LogP contribution >= 0.6 is 11.6 Å². The zero-order valence-corrected chi connectivity index (χ0v) is 16.8. The molecule has 1 saturated heterocycles. The molecular formula is C16H22ClN5O3S. The molecule has 2 aromatic rings. The summed E-state index contributed by atoms with van der Waals surface area (Å²) >= 11 is 5.76. The van der Waals surface area contributed by atoms with Gasteiger partial charge in [0.15, 0.2) is 5.15 Å². The van der Waals surface area contributed by atoms with Gasteiger partial charge in [0.2, 0.25) is 15.9 Å². The lowest BCUT2D eigenvalue weighted by Crippen LogP contribution is -2.52. The molecule has 10 heteroatoms. The number of aryl methyl sites for hydroxylation is 1. The van der Waals surface area contributed by atoms with Crippen LogP contribution in [0.15, 0.2) is 17.3 Å². The molecule has 0 N–H and O–H groups in total. The zero-order valence-electron chi connectivity index (χ0n) is 15.2. The third-order valence-electron chi connectivity index (χ3n) is 4.32. The summed E-state index contributed by atoms with van der Waals surface area (Å²) in [7, 11) is -3.55. The van der Waals surface area contributed by atoms with E-state index in [1.807, 2.05) is 13.8 Å². The first-order valence-corrected chi connectivity index (χ1v) is 10.2. The first kappa shape index (κ1) is 19.1. The third-order valence-corrected chi connectivity index (χ3v) is 6.59. The van der Waals surface area contributed by atoms with Crippen LogP contribution in [0.3, 0.4) is 0 Å². The summed E-state index contributed by atoms with van der Waals surface area (Å²) in [5.74, 6) is 0.440. The highest BCUT2D eigenvalue weighted by molar-refractivity contribution is 7.89. The molecule has 0 saturated carbocycles. The number of sulfonamides is 1. The number of hydrogen-bond donors (Lipinski definition) is 0. The van der Waals surface area contributed by atoms with Crippen LogP contribution in [0.2, 0.25) is 5.15 Å². The summed E-state index contributed by atoms with van der Waals surface area (Å²) < 4.78 is 34.7. The molecule has 142 valence electrons. The first-order chi connectivity index (χ1) is 12.2. The Bertz CT molecular complexity index is 907. The number of hydrogen-bond acceptors (Lipinski definition) is 6. The lowest BCUT2D eigenvalue weighted by atomic mass is 10.1. The Kier molecular flexibility index (Phi) is 5.23. The van der Waals surface area contributed by atoms with Crippen LogP contribution < -0.4 is 4.74 Å². The molecule has 0 radical (unpaired) electrons. The number of ether oxygens (including phenoxy) is 1. The maximum atomic E-state index is 12.9. The van der Waals surface area contributed by atoms with Crippen LogP contribution in [-0.4, -0.2) is 52.2 Å². The van der Waals surface area contributed by atoms with E-state index in [9.17, 15) is 8.42 Å². The maximum Gasteiger partial charge on any atom is 0.246 e. The fraction of sp³-hybridized carbons (Fsp3) is 0.562. The highest BCUT2D eigenvalue weighted by Crippen LogP contribution is 2.30. The van der Waals surface area contributed by atoms with Crippen molar-refractivity contribution in [2.24, 2.45) is 5.92 Å². The molecule has 26 heavy (non-hydrogen) atoms. The van der Waals surface area contributed by atoms with Crippen molar-refractivity contribution >= 4 is 21.6 Å². The van der Waals surface area contributed by atoms with Crippen LogP contribution in [0.5, 0.6) is 5.88 Å². The van der Waals surface area contributed by atoms with Crippen molar-refractivity contribution in [3.63, 3.8) is 0 Å². The highest BCUT2D eigenvalue weighted by atomic mass is 35.5. The molecule has 2 aromatic heterocycles. The average Bonchev–Trinajstić information content (AvgIpc) is 2.81. The minimum absolute atomic E-state index is 0.103. The molecule has 1 fully saturated rings. The standard InChI is InChI=1S/C16H22ClN5O3S/c1-10(2)22-12(4)16(11(3)20-22)26(23,24)21-7-13(8-21)9-25-15-6-18-5-14(17)19-15/h5-6,10,13H,7-9H2,1-4H3. The van der Waals surface area contributed by atoms with E-state index in [0.29, 0.717) is 41.9 Å². The van der Waals surface area contributed by atoms with Crippen molar-refractivity contribution in [1.82, 2.24) is 24.1 Å². The fourth-order valence-electron chi connectivity index (χ4n) is 3.08. The molecule has 0 bridgehead atoms. The summed E-state index contributed by atoms with van der Waals surface area (Å²) in [5, 5.41) is 4.64. The second-order valence-electron chi connectivity index (χ2n) is 6.72. The smallest absolute Gasteiger partial charge is 0.246 e. The molecular weight excluding hydrogens is 378 g/mol. The predicted octanol–water partition coefficient (Wildman–Crippen LogP) is 2.22. The Balaban J connectivity index is 1.65. The van der Waals surface area contributed by atoms with Crippen LogP contribution in [0, 0.1) is 19.8 Å². The van der Waals surface area contributed by atoms with Gasteiger partial charge in [-0.3, -0.25) is 9.67 Å². The Hall–Kier alpha value is -1.71. The van der Waals surface area contributed by atoms with Gasteiger partial charge in [0.05, 0.1) is 30.4 Å². The van der Waals surface area contributed by atoms with Gasteiger partial charge in [0.1, 0.15) is 4.90 Å². The van der Waals surface area contributed by atoms with Gasteiger partial charge in [-0.2, -0.15) is 14.4 Å². The molecule has 3 rings (SSSR count). The number of halogens is 1. The van der Waals surface area contributed by atoms with Crippen LogP contribution in [0.4, 0.5) is 0 Å². The van der Waals surface area contributed by atoms with Crippen molar-refractivity contribution < 1.29 is 13.2 Å². The van der Waals surface area contributed by atoms with E-state index < -0.39 is 10.0 Å². The average molecular weight is 400 g/mol. The van der Waals surface area contributed by atoms with Crippen molar-refractivity contribution in [2.45, 2.75) is 38.6 Å². The van der Waals surface area contributed by atoms with Crippen LogP contribution in [0.1, 0.15) is 31.3 Å². The summed E-state index contributed by atoms with van der Waals surface area (Å²) in [6.07, 6.45) is 2.90. The van der Waals surface area contributed by atoms with E-state index in [1.54, 1.807) is 18.5 Å². The lowest BCUT2D eigenvalue weighted by Gasteiger charge is -2.37. The third kappa shape index (κ3) is 3.56. The van der Waals surface area contributed by atoms with Crippen molar-refractivity contribution in [2.75, 3.05) is 19.7 Å². The molecule has 0 amide bonds. The summed E-state index contributed by atoms with van der Waals surface area (Å²) in [4.78, 5) is 8.21.